The number of nitrogens with zero attached hydrogens (tertiary/aromatic N) is 2. The summed E-state index contributed by atoms with van der Waals surface area (Å²) in [6.45, 7) is 10.1. The van der Waals surface area contributed by atoms with Crippen LogP contribution < -0.4 is 0 Å². The monoisotopic (exact) mass is 238 g/mol. The second kappa shape index (κ2) is 6.75. The van der Waals surface area contributed by atoms with Crippen LogP contribution in [0.4, 0.5) is 0 Å². The van der Waals surface area contributed by atoms with Crippen molar-refractivity contribution in [2.75, 3.05) is 26.2 Å². The molecule has 2 unspecified atom stereocenters. The molecule has 0 aliphatic carbocycles. The van der Waals surface area contributed by atoms with E-state index in [9.17, 15) is 0 Å². The van der Waals surface area contributed by atoms with E-state index in [1.165, 1.54) is 71.1 Å². The van der Waals surface area contributed by atoms with Crippen LogP contribution in [-0.4, -0.2) is 48.1 Å². The zero-order valence-electron chi connectivity index (χ0n) is 11.8. The van der Waals surface area contributed by atoms with Crippen LogP contribution in [0.1, 0.15) is 58.8 Å². The van der Waals surface area contributed by atoms with Gasteiger partial charge in [-0.2, -0.15) is 0 Å². The van der Waals surface area contributed by atoms with E-state index < -0.39 is 0 Å². The Kier molecular flexibility index (Phi) is 5.30. The molecule has 2 atom stereocenters. The zero-order valence-corrected chi connectivity index (χ0v) is 11.8. The Bertz CT molecular complexity index is 217. The second-order valence-electron chi connectivity index (χ2n) is 6.03. The van der Waals surface area contributed by atoms with Crippen molar-refractivity contribution in [3.8, 4) is 0 Å². The van der Waals surface area contributed by atoms with E-state index in [1.807, 2.05) is 0 Å². The summed E-state index contributed by atoms with van der Waals surface area (Å²) in [4.78, 5) is 5.50. The highest BCUT2D eigenvalue weighted by Gasteiger charge is 2.29. The summed E-state index contributed by atoms with van der Waals surface area (Å²) in [6, 6.07) is 1.69. The van der Waals surface area contributed by atoms with E-state index in [1.54, 1.807) is 0 Å². The highest BCUT2D eigenvalue weighted by atomic mass is 15.3. The maximum absolute atomic E-state index is 2.77. The Morgan fingerprint density at radius 2 is 1.94 bits per heavy atom. The van der Waals surface area contributed by atoms with Crippen molar-refractivity contribution in [1.82, 2.24) is 9.80 Å². The maximum Gasteiger partial charge on any atom is 0.0223 e. The number of rotatable bonds is 5. The van der Waals surface area contributed by atoms with Crippen LogP contribution >= 0.6 is 0 Å². The summed E-state index contributed by atoms with van der Waals surface area (Å²) in [5.74, 6) is 0. The molecule has 0 radical (unpaired) electrons. The van der Waals surface area contributed by atoms with Gasteiger partial charge in [-0.25, -0.2) is 0 Å². The van der Waals surface area contributed by atoms with Gasteiger partial charge in [-0.3, -0.25) is 9.80 Å². The minimum absolute atomic E-state index is 0.807. The molecule has 2 fully saturated rings. The van der Waals surface area contributed by atoms with E-state index >= 15 is 0 Å². The molecule has 0 bridgehead atoms. The smallest absolute Gasteiger partial charge is 0.0223 e. The van der Waals surface area contributed by atoms with E-state index in [0.29, 0.717) is 0 Å². The van der Waals surface area contributed by atoms with Gasteiger partial charge in [-0.15, -0.1) is 0 Å². The molecular formula is C15H30N2. The molecule has 17 heavy (non-hydrogen) atoms. The fourth-order valence-corrected chi connectivity index (χ4v) is 3.51. The lowest BCUT2D eigenvalue weighted by Crippen LogP contribution is -2.40. The van der Waals surface area contributed by atoms with Crippen LogP contribution in [0.2, 0.25) is 0 Å². The molecule has 2 nitrogen and oxygen atoms in total. The molecule has 2 heterocycles. The molecule has 0 spiro atoms. The summed E-state index contributed by atoms with van der Waals surface area (Å²) < 4.78 is 0. The topological polar surface area (TPSA) is 6.48 Å². The van der Waals surface area contributed by atoms with Crippen LogP contribution in [0.3, 0.4) is 0 Å². The van der Waals surface area contributed by atoms with Gasteiger partial charge in [0.05, 0.1) is 0 Å². The predicted molar refractivity (Wildman–Crippen MR) is 74.4 cm³/mol. The first kappa shape index (κ1) is 13.4. The molecule has 2 rings (SSSR count). The van der Waals surface area contributed by atoms with Crippen molar-refractivity contribution in [3.05, 3.63) is 0 Å². The largest absolute Gasteiger partial charge is 0.299 e. The van der Waals surface area contributed by atoms with Crippen LogP contribution in [-0.2, 0) is 0 Å². The summed E-state index contributed by atoms with van der Waals surface area (Å²) in [5.41, 5.74) is 0. The quantitative estimate of drug-likeness (QED) is 0.679. The molecule has 0 aromatic rings. The van der Waals surface area contributed by atoms with Crippen molar-refractivity contribution < 1.29 is 0 Å². The molecule has 100 valence electrons. The summed E-state index contributed by atoms with van der Waals surface area (Å²) >= 11 is 0. The molecular weight excluding hydrogens is 208 g/mol. The van der Waals surface area contributed by atoms with Crippen molar-refractivity contribution in [2.45, 2.75) is 70.9 Å². The highest BCUT2D eigenvalue weighted by Crippen LogP contribution is 2.23. The average Bonchev–Trinajstić information content (AvgIpc) is 2.66. The number of hydrogen-bond acceptors (Lipinski definition) is 2. The second-order valence-corrected chi connectivity index (χ2v) is 6.03. The van der Waals surface area contributed by atoms with Gasteiger partial charge >= 0.3 is 0 Å². The Balaban J connectivity index is 1.79. The van der Waals surface area contributed by atoms with Gasteiger partial charge in [0.2, 0.25) is 0 Å². The number of hydrogen-bond donors (Lipinski definition) is 0. The maximum atomic E-state index is 2.77. The van der Waals surface area contributed by atoms with Crippen molar-refractivity contribution in [2.24, 2.45) is 0 Å². The van der Waals surface area contributed by atoms with Crippen molar-refractivity contribution in [3.63, 3.8) is 0 Å². The Morgan fingerprint density at radius 3 is 2.76 bits per heavy atom. The number of fused-ring (bicyclic) bond motifs is 1. The SMILES string of the molecule is CCCCCC(C)N1CCCN2CCCC2C1. The fourth-order valence-electron chi connectivity index (χ4n) is 3.51. The molecule has 2 heteroatoms. The Morgan fingerprint density at radius 1 is 1.12 bits per heavy atom. The van der Waals surface area contributed by atoms with Crippen molar-refractivity contribution >= 4 is 0 Å². The first-order chi connectivity index (χ1) is 8.31. The van der Waals surface area contributed by atoms with E-state index in [4.69, 9.17) is 0 Å². The fraction of sp³-hybridized carbons (Fsp3) is 1.00. The molecule has 0 N–H and O–H groups in total. The highest BCUT2D eigenvalue weighted by molar-refractivity contribution is 4.86. The normalized spacial score (nSPS) is 28.9. The zero-order chi connectivity index (χ0) is 12.1. The molecule has 0 aromatic carbocycles. The lowest BCUT2D eigenvalue weighted by Gasteiger charge is -2.30. The van der Waals surface area contributed by atoms with Crippen LogP contribution in [0.5, 0.6) is 0 Å². The van der Waals surface area contributed by atoms with Crippen LogP contribution in [0, 0.1) is 0 Å². The number of unbranched alkanes of at least 4 members (excludes halogenated alkanes) is 2. The summed E-state index contributed by atoms with van der Waals surface area (Å²) in [6.07, 6.45) is 9.84. The van der Waals surface area contributed by atoms with Crippen LogP contribution in [0.25, 0.3) is 0 Å². The summed E-state index contributed by atoms with van der Waals surface area (Å²) in [5, 5.41) is 0. The molecule has 0 amide bonds. The van der Waals surface area contributed by atoms with Gasteiger partial charge in [0, 0.05) is 18.6 Å². The third-order valence-corrected chi connectivity index (χ3v) is 4.68. The van der Waals surface area contributed by atoms with Gasteiger partial charge in [0.25, 0.3) is 0 Å². The molecule has 2 aliphatic heterocycles. The van der Waals surface area contributed by atoms with E-state index in [0.717, 1.165) is 12.1 Å². The minimum atomic E-state index is 0.807. The molecule has 2 aliphatic rings. The Hall–Kier alpha value is -0.0800. The molecule has 2 saturated heterocycles. The lowest BCUT2D eigenvalue weighted by atomic mass is 10.1. The average molecular weight is 238 g/mol. The molecule has 0 aromatic heterocycles. The summed E-state index contributed by atoms with van der Waals surface area (Å²) in [7, 11) is 0. The minimum Gasteiger partial charge on any atom is -0.299 e. The van der Waals surface area contributed by atoms with Gasteiger partial charge in [-0.1, -0.05) is 26.2 Å². The van der Waals surface area contributed by atoms with E-state index in [-0.39, 0.29) is 0 Å². The Labute approximate surface area is 107 Å². The third-order valence-electron chi connectivity index (χ3n) is 4.68. The third kappa shape index (κ3) is 3.69. The molecule has 0 saturated carbocycles. The predicted octanol–water partition coefficient (Wildman–Crippen LogP) is 3.13. The van der Waals surface area contributed by atoms with Crippen LogP contribution in [0.15, 0.2) is 0 Å². The van der Waals surface area contributed by atoms with Gasteiger partial charge < -0.3 is 0 Å². The van der Waals surface area contributed by atoms with Gasteiger partial charge in [0.1, 0.15) is 0 Å². The first-order valence-corrected chi connectivity index (χ1v) is 7.79. The first-order valence-electron chi connectivity index (χ1n) is 7.79. The van der Waals surface area contributed by atoms with E-state index in [2.05, 4.69) is 23.6 Å². The van der Waals surface area contributed by atoms with Gasteiger partial charge in [-0.05, 0) is 52.2 Å². The lowest BCUT2D eigenvalue weighted by molar-refractivity contribution is 0.173. The van der Waals surface area contributed by atoms with Crippen molar-refractivity contribution in [1.29, 1.82) is 0 Å². The standard InChI is InChI=1S/C15H30N2/c1-3-4-5-8-14(2)17-12-7-11-16-10-6-9-15(16)13-17/h14-15H,3-13H2,1-2H3. The van der Waals surface area contributed by atoms with Gasteiger partial charge in [0.15, 0.2) is 0 Å².